The van der Waals surface area contributed by atoms with Gasteiger partial charge in [0.2, 0.25) is 0 Å². The van der Waals surface area contributed by atoms with E-state index >= 15 is 0 Å². The lowest BCUT2D eigenvalue weighted by Gasteiger charge is -2.03. The molecule has 2 N–H and O–H groups in total. The van der Waals surface area contributed by atoms with E-state index in [9.17, 15) is 14.4 Å². The van der Waals surface area contributed by atoms with E-state index in [0.717, 1.165) is 17.2 Å². The first kappa shape index (κ1) is 11.2. The van der Waals surface area contributed by atoms with Crippen LogP contribution >= 0.6 is 0 Å². The molecule has 0 saturated heterocycles. The van der Waals surface area contributed by atoms with E-state index in [1.807, 2.05) is 6.92 Å². The Morgan fingerprint density at radius 1 is 1.53 bits per heavy atom. The highest BCUT2D eigenvalue weighted by molar-refractivity contribution is 5.86. The van der Waals surface area contributed by atoms with E-state index < -0.39 is 22.8 Å². The van der Waals surface area contributed by atoms with Gasteiger partial charge in [-0.15, -0.1) is 0 Å². The molecule has 6 heteroatoms. The molecule has 15 heavy (non-hydrogen) atoms. The van der Waals surface area contributed by atoms with Crippen LogP contribution in [-0.2, 0) is 6.54 Å². The predicted octanol–water partition coefficient (Wildman–Crippen LogP) is 0.0349. The Labute approximate surface area is 85.2 Å². The molecule has 0 saturated carbocycles. The van der Waals surface area contributed by atoms with E-state index in [0.29, 0.717) is 6.42 Å². The van der Waals surface area contributed by atoms with Crippen molar-refractivity contribution in [1.82, 2.24) is 9.55 Å². The summed E-state index contributed by atoms with van der Waals surface area (Å²) in [7, 11) is 0. The van der Waals surface area contributed by atoms with Crippen LogP contribution in [0, 0.1) is 0 Å². The van der Waals surface area contributed by atoms with Gasteiger partial charge >= 0.3 is 11.7 Å². The molecule has 0 aromatic carbocycles. The third-order valence-corrected chi connectivity index (χ3v) is 2.03. The van der Waals surface area contributed by atoms with E-state index in [2.05, 4.69) is 4.98 Å². The van der Waals surface area contributed by atoms with Crippen LogP contribution in [0.4, 0.5) is 0 Å². The molecule has 0 radical (unpaired) electrons. The van der Waals surface area contributed by atoms with Crippen molar-refractivity contribution in [3.63, 3.8) is 0 Å². The van der Waals surface area contributed by atoms with E-state index in [-0.39, 0.29) is 6.54 Å². The summed E-state index contributed by atoms with van der Waals surface area (Å²) in [6.45, 7) is 2.16. The number of nitrogens with one attached hydrogen (secondary N) is 1. The second-order valence-electron chi connectivity index (χ2n) is 3.12. The largest absolute Gasteiger partial charge is 0.477 e. The second kappa shape index (κ2) is 4.59. The summed E-state index contributed by atoms with van der Waals surface area (Å²) in [5.41, 5.74) is -1.73. The molecule has 0 atom stereocenters. The third-order valence-electron chi connectivity index (χ3n) is 2.03. The maximum Gasteiger partial charge on any atom is 0.342 e. The zero-order chi connectivity index (χ0) is 11.4. The molecule has 0 aliphatic rings. The van der Waals surface area contributed by atoms with Crippen molar-refractivity contribution in [2.45, 2.75) is 26.3 Å². The second-order valence-corrected chi connectivity index (χ2v) is 3.12. The Morgan fingerprint density at radius 2 is 2.20 bits per heavy atom. The van der Waals surface area contributed by atoms with Crippen LogP contribution in [0.2, 0.25) is 0 Å². The van der Waals surface area contributed by atoms with Crippen LogP contribution in [0.15, 0.2) is 15.8 Å². The quantitative estimate of drug-likeness (QED) is 0.736. The van der Waals surface area contributed by atoms with Crippen LogP contribution in [0.25, 0.3) is 0 Å². The standard InChI is InChI=1S/C9H12N2O4/c1-2-3-4-11-7(12)6(8(13)14)5-10-9(11)15/h5H,2-4H2,1H3,(H,10,15)(H,13,14). The molecule has 0 spiro atoms. The molecule has 1 aromatic heterocycles. The Bertz CT molecular complexity index is 472. The average molecular weight is 212 g/mol. The molecule has 0 aliphatic heterocycles. The van der Waals surface area contributed by atoms with Crippen LogP contribution in [-0.4, -0.2) is 20.6 Å². The summed E-state index contributed by atoms with van der Waals surface area (Å²) >= 11 is 0. The minimum Gasteiger partial charge on any atom is -0.477 e. The highest BCUT2D eigenvalue weighted by atomic mass is 16.4. The van der Waals surface area contributed by atoms with Gasteiger partial charge in [0.25, 0.3) is 5.56 Å². The molecule has 0 bridgehead atoms. The topological polar surface area (TPSA) is 92.2 Å². The summed E-state index contributed by atoms with van der Waals surface area (Å²) in [5.74, 6) is -1.33. The third kappa shape index (κ3) is 2.34. The monoisotopic (exact) mass is 212 g/mol. The van der Waals surface area contributed by atoms with Crippen molar-refractivity contribution in [3.05, 3.63) is 32.6 Å². The minimum atomic E-state index is -1.33. The molecule has 0 aliphatic carbocycles. The lowest BCUT2D eigenvalue weighted by Crippen LogP contribution is -2.38. The first-order valence-corrected chi connectivity index (χ1v) is 4.63. The number of nitrogens with zero attached hydrogens (tertiary/aromatic N) is 1. The molecule has 0 fully saturated rings. The van der Waals surface area contributed by atoms with E-state index in [1.54, 1.807) is 0 Å². The fourth-order valence-corrected chi connectivity index (χ4v) is 1.18. The van der Waals surface area contributed by atoms with Crippen molar-refractivity contribution in [2.75, 3.05) is 0 Å². The normalized spacial score (nSPS) is 10.2. The highest BCUT2D eigenvalue weighted by Gasteiger charge is 2.12. The summed E-state index contributed by atoms with van der Waals surface area (Å²) < 4.78 is 0.910. The van der Waals surface area contributed by atoms with Crippen molar-refractivity contribution >= 4 is 5.97 Å². The molecule has 1 rings (SSSR count). The minimum absolute atomic E-state index is 0.242. The van der Waals surface area contributed by atoms with Gasteiger partial charge in [-0.2, -0.15) is 0 Å². The van der Waals surface area contributed by atoms with Crippen molar-refractivity contribution in [1.29, 1.82) is 0 Å². The SMILES string of the molecule is CCCCn1c(=O)[nH]cc(C(=O)O)c1=O. The smallest absolute Gasteiger partial charge is 0.342 e. The number of aromatic nitrogens is 2. The van der Waals surface area contributed by atoms with Gasteiger partial charge in [0.15, 0.2) is 0 Å². The van der Waals surface area contributed by atoms with Crippen LogP contribution in [0.1, 0.15) is 30.1 Å². The number of carbonyl (C=O) groups is 1. The number of hydrogen-bond acceptors (Lipinski definition) is 3. The van der Waals surface area contributed by atoms with Gasteiger partial charge < -0.3 is 10.1 Å². The van der Waals surface area contributed by atoms with Crippen molar-refractivity contribution in [2.24, 2.45) is 0 Å². The van der Waals surface area contributed by atoms with Gasteiger partial charge in [0.05, 0.1) is 0 Å². The van der Waals surface area contributed by atoms with Crippen LogP contribution in [0.5, 0.6) is 0 Å². The number of hydrogen-bond donors (Lipinski definition) is 2. The first-order valence-electron chi connectivity index (χ1n) is 4.63. The van der Waals surface area contributed by atoms with Gasteiger partial charge in [-0.25, -0.2) is 9.59 Å². The number of rotatable bonds is 4. The van der Waals surface area contributed by atoms with E-state index in [1.165, 1.54) is 0 Å². The lowest BCUT2D eigenvalue weighted by molar-refractivity contribution is 0.0693. The van der Waals surface area contributed by atoms with Crippen molar-refractivity contribution in [3.8, 4) is 0 Å². The fourth-order valence-electron chi connectivity index (χ4n) is 1.18. The van der Waals surface area contributed by atoms with Gasteiger partial charge in [-0.1, -0.05) is 13.3 Å². The Balaban J connectivity index is 3.25. The summed E-state index contributed by atoms with van der Waals surface area (Å²) in [5, 5.41) is 8.67. The lowest BCUT2D eigenvalue weighted by atomic mass is 10.3. The molecule has 6 nitrogen and oxygen atoms in total. The van der Waals surface area contributed by atoms with E-state index in [4.69, 9.17) is 5.11 Å². The number of unbranched alkanes of at least 4 members (excludes halogenated alkanes) is 1. The van der Waals surface area contributed by atoms with Gasteiger partial charge in [0, 0.05) is 12.7 Å². The Kier molecular flexibility index (Phi) is 3.43. The summed E-state index contributed by atoms with van der Waals surface area (Å²) in [6.07, 6.45) is 2.41. The van der Waals surface area contributed by atoms with Crippen LogP contribution < -0.4 is 11.2 Å². The average Bonchev–Trinajstić information content (AvgIpc) is 2.17. The molecule has 0 unspecified atom stereocenters. The maximum atomic E-state index is 11.5. The number of H-pyrrole nitrogens is 1. The summed E-state index contributed by atoms with van der Waals surface area (Å²) in [4.78, 5) is 35.6. The zero-order valence-corrected chi connectivity index (χ0v) is 8.32. The molecular weight excluding hydrogens is 200 g/mol. The van der Waals surface area contributed by atoms with Crippen molar-refractivity contribution < 1.29 is 9.90 Å². The number of carboxylic acid groups (broad SMARTS) is 1. The van der Waals surface area contributed by atoms with Crippen LogP contribution in [0.3, 0.4) is 0 Å². The highest BCUT2D eigenvalue weighted by Crippen LogP contribution is 1.90. The number of carboxylic acids is 1. The summed E-state index contributed by atoms with van der Waals surface area (Å²) in [6, 6.07) is 0. The van der Waals surface area contributed by atoms with Gasteiger partial charge in [-0.3, -0.25) is 9.36 Å². The molecular formula is C9H12N2O4. The zero-order valence-electron chi connectivity index (χ0n) is 8.32. The number of aromatic carboxylic acids is 1. The van der Waals surface area contributed by atoms with Gasteiger partial charge in [-0.05, 0) is 6.42 Å². The first-order chi connectivity index (χ1) is 7.07. The maximum absolute atomic E-state index is 11.5. The molecule has 1 heterocycles. The molecule has 1 aromatic rings. The molecule has 0 amide bonds. The fraction of sp³-hybridized carbons (Fsp3) is 0.444. The Morgan fingerprint density at radius 3 is 2.73 bits per heavy atom. The molecule has 82 valence electrons. The van der Waals surface area contributed by atoms with Gasteiger partial charge in [0.1, 0.15) is 5.56 Å². The predicted molar refractivity (Wildman–Crippen MR) is 53.2 cm³/mol. The Hall–Kier alpha value is -1.85. The number of aromatic amines is 1.